The fraction of sp³-hybridized carbons (Fsp3) is 0.231. The monoisotopic (exact) mass is 232 g/mol. The second kappa shape index (κ2) is 4.91. The Balaban J connectivity index is 2.41. The molecule has 1 aromatic carbocycles. The van der Waals surface area contributed by atoms with E-state index in [2.05, 4.69) is 12.0 Å². The summed E-state index contributed by atoms with van der Waals surface area (Å²) in [5.74, 6) is -0.406. The second-order valence-electron chi connectivity index (χ2n) is 3.84. The number of rotatable bonds is 4. The van der Waals surface area contributed by atoms with E-state index < -0.39 is 5.82 Å². The SMILES string of the molecule is CCCn1cc(-c2ccc(F)cc2C=O)cn1. The topological polar surface area (TPSA) is 34.9 Å². The normalized spacial score (nSPS) is 10.5. The lowest BCUT2D eigenvalue weighted by Crippen LogP contribution is -1.95. The number of benzene rings is 1. The van der Waals surface area contributed by atoms with Crippen LogP contribution in [0.1, 0.15) is 23.7 Å². The lowest BCUT2D eigenvalue weighted by atomic mass is 10.0. The van der Waals surface area contributed by atoms with Crippen LogP contribution < -0.4 is 0 Å². The summed E-state index contributed by atoms with van der Waals surface area (Å²) in [4.78, 5) is 10.9. The summed E-state index contributed by atoms with van der Waals surface area (Å²) in [6.07, 6.45) is 5.21. The fourth-order valence-electron chi connectivity index (χ4n) is 1.75. The van der Waals surface area contributed by atoms with Crippen molar-refractivity contribution in [3.05, 3.63) is 42.0 Å². The molecular weight excluding hydrogens is 219 g/mol. The van der Waals surface area contributed by atoms with Gasteiger partial charge in [0.2, 0.25) is 0 Å². The van der Waals surface area contributed by atoms with Gasteiger partial charge in [-0.25, -0.2) is 4.39 Å². The van der Waals surface area contributed by atoms with E-state index in [-0.39, 0.29) is 0 Å². The highest BCUT2D eigenvalue weighted by molar-refractivity contribution is 5.87. The molecule has 0 aliphatic carbocycles. The molecule has 1 heterocycles. The molecule has 0 fully saturated rings. The van der Waals surface area contributed by atoms with Gasteiger partial charge in [0.05, 0.1) is 6.20 Å². The quantitative estimate of drug-likeness (QED) is 0.760. The van der Waals surface area contributed by atoms with Crippen LogP contribution in [0.5, 0.6) is 0 Å². The molecule has 2 rings (SSSR count). The molecule has 1 aromatic heterocycles. The maximum absolute atomic E-state index is 13.0. The van der Waals surface area contributed by atoms with Gasteiger partial charge < -0.3 is 0 Å². The van der Waals surface area contributed by atoms with Crippen LogP contribution in [0.25, 0.3) is 11.1 Å². The molecule has 4 heteroatoms. The fourth-order valence-corrected chi connectivity index (χ4v) is 1.75. The third-order valence-corrected chi connectivity index (χ3v) is 2.54. The Kier molecular flexibility index (Phi) is 3.32. The van der Waals surface area contributed by atoms with Crippen molar-refractivity contribution in [2.24, 2.45) is 0 Å². The van der Waals surface area contributed by atoms with Crippen molar-refractivity contribution in [3.8, 4) is 11.1 Å². The summed E-state index contributed by atoms with van der Waals surface area (Å²) in [7, 11) is 0. The highest BCUT2D eigenvalue weighted by atomic mass is 19.1. The van der Waals surface area contributed by atoms with Crippen molar-refractivity contribution in [3.63, 3.8) is 0 Å². The van der Waals surface area contributed by atoms with E-state index in [1.165, 1.54) is 12.1 Å². The van der Waals surface area contributed by atoms with Crippen molar-refractivity contribution in [1.82, 2.24) is 9.78 Å². The molecule has 0 atom stereocenters. The summed E-state index contributed by atoms with van der Waals surface area (Å²) in [6, 6.07) is 4.19. The Morgan fingerprint density at radius 1 is 1.47 bits per heavy atom. The number of aryl methyl sites for hydroxylation is 1. The van der Waals surface area contributed by atoms with E-state index in [1.807, 2.05) is 10.9 Å². The zero-order valence-corrected chi connectivity index (χ0v) is 9.56. The maximum atomic E-state index is 13.0. The van der Waals surface area contributed by atoms with E-state index in [4.69, 9.17) is 0 Å². The largest absolute Gasteiger partial charge is 0.298 e. The second-order valence-corrected chi connectivity index (χ2v) is 3.84. The molecular formula is C13H13FN2O. The lowest BCUT2D eigenvalue weighted by molar-refractivity contribution is 0.112. The Labute approximate surface area is 98.9 Å². The van der Waals surface area contributed by atoms with Crippen LogP contribution >= 0.6 is 0 Å². The average molecular weight is 232 g/mol. The predicted molar refractivity (Wildman–Crippen MR) is 63.3 cm³/mol. The number of hydrogen-bond acceptors (Lipinski definition) is 2. The van der Waals surface area contributed by atoms with Gasteiger partial charge in [-0.15, -0.1) is 0 Å². The molecule has 0 bridgehead atoms. The van der Waals surface area contributed by atoms with Crippen LogP contribution in [0.4, 0.5) is 4.39 Å². The third-order valence-electron chi connectivity index (χ3n) is 2.54. The maximum Gasteiger partial charge on any atom is 0.150 e. The Bertz CT molecular complexity index is 534. The number of nitrogens with zero attached hydrogens (tertiary/aromatic N) is 2. The predicted octanol–water partition coefficient (Wildman–Crippen LogP) is 2.91. The van der Waals surface area contributed by atoms with Crippen LogP contribution in [0.3, 0.4) is 0 Å². The van der Waals surface area contributed by atoms with Crippen LogP contribution in [0, 0.1) is 5.82 Å². The Morgan fingerprint density at radius 2 is 2.29 bits per heavy atom. The number of halogens is 1. The summed E-state index contributed by atoms with van der Waals surface area (Å²) in [6.45, 7) is 2.90. The molecule has 0 saturated heterocycles. The summed E-state index contributed by atoms with van der Waals surface area (Å²) < 4.78 is 14.8. The van der Waals surface area contributed by atoms with Crippen molar-refractivity contribution in [1.29, 1.82) is 0 Å². The minimum absolute atomic E-state index is 0.348. The zero-order chi connectivity index (χ0) is 12.3. The van der Waals surface area contributed by atoms with E-state index in [1.54, 1.807) is 12.3 Å². The number of carbonyl (C=O) groups is 1. The van der Waals surface area contributed by atoms with E-state index >= 15 is 0 Å². The minimum atomic E-state index is -0.406. The molecule has 0 aliphatic heterocycles. The van der Waals surface area contributed by atoms with E-state index in [9.17, 15) is 9.18 Å². The lowest BCUT2D eigenvalue weighted by Gasteiger charge is -2.01. The van der Waals surface area contributed by atoms with Gasteiger partial charge in [-0.3, -0.25) is 9.48 Å². The van der Waals surface area contributed by atoms with Gasteiger partial charge in [0.15, 0.2) is 6.29 Å². The van der Waals surface area contributed by atoms with Crippen LogP contribution in [-0.2, 0) is 6.54 Å². The minimum Gasteiger partial charge on any atom is -0.298 e. The van der Waals surface area contributed by atoms with Crippen molar-refractivity contribution in [2.75, 3.05) is 0 Å². The van der Waals surface area contributed by atoms with Gasteiger partial charge in [-0.1, -0.05) is 13.0 Å². The van der Waals surface area contributed by atoms with Crippen LogP contribution in [0.15, 0.2) is 30.6 Å². The molecule has 0 amide bonds. The van der Waals surface area contributed by atoms with Gasteiger partial charge >= 0.3 is 0 Å². The number of aldehydes is 1. The highest BCUT2D eigenvalue weighted by Gasteiger charge is 2.08. The third kappa shape index (κ3) is 2.41. The molecule has 0 spiro atoms. The standard InChI is InChI=1S/C13H13FN2O/c1-2-5-16-8-11(7-15-16)13-4-3-12(14)6-10(13)9-17/h3-4,6-9H,2,5H2,1H3. The Hall–Kier alpha value is -1.97. The first-order chi connectivity index (χ1) is 8.24. The molecule has 0 saturated carbocycles. The van der Waals surface area contributed by atoms with Crippen LogP contribution in [0.2, 0.25) is 0 Å². The van der Waals surface area contributed by atoms with Crippen molar-refractivity contribution >= 4 is 6.29 Å². The van der Waals surface area contributed by atoms with Gasteiger partial charge in [0.25, 0.3) is 0 Å². The summed E-state index contributed by atoms with van der Waals surface area (Å²) >= 11 is 0. The summed E-state index contributed by atoms with van der Waals surface area (Å²) in [5.41, 5.74) is 1.89. The average Bonchev–Trinajstić information content (AvgIpc) is 2.78. The molecule has 0 aliphatic rings. The van der Waals surface area contributed by atoms with Gasteiger partial charge in [-0.05, 0) is 24.1 Å². The first-order valence-electron chi connectivity index (χ1n) is 5.52. The first-order valence-corrected chi connectivity index (χ1v) is 5.52. The van der Waals surface area contributed by atoms with Gasteiger partial charge in [0, 0.05) is 23.9 Å². The van der Waals surface area contributed by atoms with Crippen molar-refractivity contribution < 1.29 is 9.18 Å². The van der Waals surface area contributed by atoms with E-state index in [0.29, 0.717) is 17.4 Å². The van der Waals surface area contributed by atoms with Crippen LogP contribution in [-0.4, -0.2) is 16.1 Å². The zero-order valence-electron chi connectivity index (χ0n) is 9.56. The summed E-state index contributed by atoms with van der Waals surface area (Å²) in [5, 5.41) is 4.19. The van der Waals surface area contributed by atoms with Gasteiger partial charge in [0.1, 0.15) is 5.82 Å². The molecule has 17 heavy (non-hydrogen) atoms. The number of hydrogen-bond donors (Lipinski definition) is 0. The van der Waals surface area contributed by atoms with E-state index in [0.717, 1.165) is 18.5 Å². The molecule has 0 radical (unpaired) electrons. The van der Waals surface area contributed by atoms with Gasteiger partial charge in [-0.2, -0.15) is 5.10 Å². The molecule has 2 aromatic rings. The van der Waals surface area contributed by atoms with Crippen molar-refractivity contribution in [2.45, 2.75) is 19.9 Å². The molecule has 0 N–H and O–H groups in total. The number of aromatic nitrogens is 2. The Morgan fingerprint density at radius 3 is 3.00 bits per heavy atom. The molecule has 88 valence electrons. The molecule has 3 nitrogen and oxygen atoms in total. The number of carbonyl (C=O) groups excluding carboxylic acids is 1. The highest BCUT2D eigenvalue weighted by Crippen LogP contribution is 2.23. The molecule has 0 unspecified atom stereocenters. The first kappa shape index (κ1) is 11.5. The smallest absolute Gasteiger partial charge is 0.150 e.